The lowest BCUT2D eigenvalue weighted by Gasteiger charge is -2.08. The summed E-state index contributed by atoms with van der Waals surface area (Å²) in [4.78, 5) is 11.7. The van der Waals surface area contributed by atoms with E-state index in [9.17, 15) is 4.79 Å². The molecule has 0 aromatic heterocycles. The molecule has 0 aliphatic carbocycles. The van der Waals surface area contributed by atoms with Gasteiger partial charge < -0.3 is 5.11 Å². The lowest BCUT2D eigenvalue weighted by atomic mass is 10.1. The first-order valence-corrected chi connectivity index (χ1v) is 6.00. The van der Waals surface area contributed by atoms with Crippen LogP contribution in [-0.4, -0.2) is 16.8 Å². The van der Waals surface area contributed by atoms with Gasteiger partial charge in [-0.05, 0) is 17.5 Å². The van der Waals surface area contributed by atoms with Crippen molar-refractivity contribution in [1.82, 2.24) is 0 Å². The molecule has 0 radical (unpaired) electrons. The van der Waals surface area contributed by atoms with Crippen molar-refractivity contribution in [2.75, 3.05) is 5.75 Å². The molecular weight excluding hydrogens is 208 g/mol. The second-order valence-electron chi connectivity index (χ2n) is 3.88. The van der Waals surface area contributed by atoms with Crippen molar-refractivity contribution in [3.05, 3.63) is 29.8 Å². The number of hydrogen-bond donors (Lipinski definition) is 1. The zero-order valence-corrected chi connectivity index (χ0v) is 9.88. The maximum absolute atomic E-state index is 10.6. The van der Waals surface area contributed by atoms with E-state index < -0.39 is 5.97 Å². The van der Waals surface area contributed by atoms with Crippen molar-refractivity contribution < 1.29 is 9.90 Å². The predicted octanol–water partition coefficient (Wildman–Crippen LogP) is 3.06. The molecule has 3 heteroatoms. The van der Waals surface area contributed by atoms with Gasteiger partial charge >= 0.3 is 5.97 Å². The van der Waals surface area contributed by atoms with Gasteiger partial charge in [0.15, 0.2) is 0 Å². The SMILES string of the molecule is CC(C)CSc1ccccc1CC(=O)O. The summed E-state index contributed by atoms with van der Waals surface area (Å²) < 4.78 is 0. The van der Waals surface area contributed by atoms with Crippen LogP contribution in [0, 0.1) is 5.92 Å². The van der Waals surface area contributed by atoms with Crippen LogP contribution in [0.2, 0.25) is 0 Å². The summed E-state index contributed by atoms with van der Waals surface area (Å²) in [6.07, 6.45) is 0.112. The molecule has 0 saturated carbocycles. The Morgan fingerprint density at radius 1 is 1.40 bits per heavy atom. The van der Waals surface area contributed by atoms with Gasteiger partial charge in [-0.25, -0.2) is 0 Å². The van der Waals surface area contributed by atoms with Gasteiger partial charge in [-0.15, -0.1) is 11.8 Å². The van der Waals surface area contributed by atoms with Crippen molar-refractivity contribution in [3.8, 4) is 0 Å². The third kappa shape index (κ3) is 4.38. The summed E-state index contributed by atoms with van der Waals surface area (Å²) in [7, 11) is 0. The minimum absolute atomic E-state index is 0.112. The van der Waals surface area contributed by atoms with Gasteiger partial charge in [-0.2, -0.15) is 0 Å². The molecule has 2 nitrogen and oxygen atoms in total. The molecule has 0 unspecified atom stereocenters. The fraction of sp³-hybridized carbons (Fsp3) is 0.417. The lowest BCUT2D eigenvalue weighted by Crippen LogP contribution is -2.02. The van der Waals surface area contributed by atoms with Crippen LogP contribution in [0.15, 0.2) is 29.2 Å². The van der Waals surface area contributed by atoms with E-state index in [0.717, 1.165) is 16.2 Å². The van der Waals surface area contributed by atoms with Gasteiger partial charge in [0.2, 0.25) is 0 Å². The smallest absolute Gasteiger partial charge is 0.307 e. The largest absolute Gasteiger partial charge is 0.481 e. The van der Waals surface area contributed by atoms with Gasteiger partial charge in [0.05, 0.1) is 6.42 Å². The zero-order chi connectivity index (χ0) is 11.3. The minimum Gasteiger partial charge on any atom is -0.481 e. The molecule has 0 atom stereocenters. The fourth-order valence-electron chi connectivity index (χ4n) is 1.21. The molecule has 0 aliphatic rings. The predicted molar refractivity (Wildman–Crippen MR) is 63.3 cm³/mol. The van der Waals surface area contributed by atoms with E-state index in [1.807, 2.05) is 24.3 Å². The van der Waals surface area contributed by atoms with E-state index in [4.69, 9.17) is 5.11 Å². The van der Waals surface area contributed by atoms with Crippen LogP contribution >= 0.6 is 11.8 Å². The first-order chi connectivity index (χ1) is 7.09. The van der Waals surface area contributed by atoms with Crippen LogP contribution in [0.3, 0.4) is 0 Å². The molecule has 0 spiro atoms. The van der Waals surface area contributed by atoms with Crippen LogP contribution in [0.1, 0.15) is 19.4 Å². The molecule has 1 aromatic rings. The van der Waals surface area contributed by atoms with Crippen LogP contribution in [0.25, 0.3) is 0 Å². The summed E-state index contributed by atoms with van der Waals surface area (Å²) in [5.41, 5.74) is 0.913. The number of thioether (sulfide) groups is 1. The summed E-state index contributed by atoms with van der Waals surface area (Å²) in [5, 5.41) is 8.76. The average molecular weight is 224 g/mol. The van der Waals surface area contributed by atoms with Crippen LogP contribution in [0.4, 0.5) is 0 Å². The second-order valence-corrected chi connectivity index (χ2v) is 4.94. The van der Waals surface area contributed by atoms with Crippen LogP contribution in [-0.2, 0) is 11.2 Å². The Hall–Kier alpha value is -0.960. The van der Waals surface area contributed by atoms with Gasteiger partial charge in [0.25, 0.3) is 0 Å². The molecule has 0 amide bonds. The van der Waals surface area contributed by atoms with Crippen molar-refractivity contribution in [2.24, 2.45) is 5.92 Å². The maximum atomic E-state index is 10.6. The molecule has 1 rings (SSSR count). The molecule has 0 bridgehead atoms. The molecule has 0 fully saturated rings. The molecule has 0 heterocycles. The number of carboxylic acids is 1. The van der Waals surface area contributed by atoms with Crippen LogP contribution in [0.5, 0.6) is 0 Å². The first-order valence-electron chi connectivity index (χ1n) is 5.02. The van der Waals surface area contributed by atoms with Gasteiger partial charge in [0, 0.05) is 10.6 Å². The Balaban J connectivity index is 2.72. The summed E-state index contributed by atoms with van der Waals surface area (Å²) in [5.74, 6) is 0.872. The van der Waals surface area contributed by atoms with E-state index >= 15 is 0 Å². The summed E-state index contributed by atoms with van der Waals surface area (Å²) >= 11 is 1.73. The standard InChI is InChI=1S/C12H16O2S/c1-9(2)8-15-11-6-4-3-5-10(11)7-12(13)14/h3-6,9H,7-8H2,1-2H3,(H,13,14). The van der Waals surface area contributed by atoms with E-state index in [1.165, 1.54) is 0 Å². The zero-order valence-electron chi connectivity index (χ0n) is 9.06. The molecule has 1 aromatic carbocycles. The van der Waals surface area contributed by atoms with Crippen molar-refractivity contribution >= 4 is 17.7 Å². The first kappa shape index (κ1) is 12.1. The molecule has 0 saturated heterocycles. The fourth-order valence-corrected chi connectivity index (χ4v) is 2.22. The minimum atomic E-state index is -0.771. The second kappa shape index (κ2) is 5.81. The number of hydrogen-bond acceptors (Lipinski definition) is 2. The molecule has 1 N–H and O–H groups in total. The maximum Gasteiger partial charge on any atom is 0.307 e. The Kier molecular flexibility index (Phi) is 4.69. The third-order valence-corrected chi connectivity index (χ3v) is 3.43. The Morgan fingerprint density at radius 3 is 2.67 bits per heavy atom. The Bertz CT molecular complexity index is 334. The monoisotopic (exact) mass is 224 g/mol. The van der Waals surface area contributed by atoms with E-state index in [-0.39, 0.29) is 6.42 Å². The Labute approximate surface area is 94.7 Å². The van der Waals surface area contributed by atoms with Crippen molar-refractivity contribution in [1.29, 1.82) is 0 Å². The number of aliphatic carboxylic acids is 1. The van der Waals surface area contributed by atoms with E-state index in [0.29, 0.717) is 5.92 Å². The normalized spacial score (nSPS) is 10.6. The molecule has 15 heavy (non-hydrogen) atoms. The highest BCUT2D eigenvalue weighted by Gasteiger charge is 2.06. The summed E-state index contributed by atoms with van der Waals surface area (Å²) in [6, 6.07) is 7.72. The lowest BCUT2D eigenvalue weighted by molar-refractivity contribution is -0.136. The van der Waals surface area contributed by atoms with Gasteiger partial charge in [-0.3, -0.25) is 4.79 Å². The third-order valence-electron chi connectivity index (χ3n) is 1.89. The van der Waals surface area contributed by atoms with Gasteiger partial charge in [-0.1, -0.05) is 32.0 Å². The highest BCUT2D eigenvalue weighted by molar-refractivity contribution is 7.99. The van der Waals surface area contributed by atoms with E-state index in [1.54, 1.807) is 11.8 Å². The topological polar surface area (TPSA) is 37.3 Å². The average Bonchev–Trinajstić information content (AvgIpc) is 2.15. The highest BCUT2D eigenvalue weighted by atomic mass is 32.2. The Morgan fingerprint density at radius 2 is 2.07 bits per heavy atom. The quantitative estimate of drug-likeness (QED) is 0.781. The number of benzene rings is 1. The molecule has 0 aliphatic heterocycles. The van der Waals surface area contributed by atoms with Gasteiger partial charge in [0.1, 0.15) is 0 Å². The molecule has 82 valence electrons. The number of carboxylic acid groups (broad SMARTS) is 1. The number of carbonyl (C=O) groups is 1. The van der Waals surface area contributed by atoms with Crippen LogP contribution < -0.4 is 0 Å². The van der Waals surface area contributed by atoms with Crippen molar-refractivity contribution in [3.63, 3.8) is 0 Å². The highest BCUT2D eigenvalue weighted by Crippen LogP contribution is 2.24. The molecular formula is C12H16O2S. The number of rotatable bonds is 5. The summed E-state index contributed by atoms with van der Waals surface area (Å²) in [6.45, 7) is 4.32. The van der Waals surface area contributed by atoms with Crippen molar-refractivity contribution in [2.45, 2.75) is 25.2 Å². The van der Waals surface area contributed by atoms with E-state index in [2.05, 4.69) is 13.8 Å².